The van der Waals surface area contributed by atoms with Crippen LogP contribution in [0.25, 0.3) is 0 Å². The van der Waals surface area contributed by atoms with E-state index in [1.807, 2.05) is 0 Å². The Morgan fingerprint density at radius 1 is 1.38 bits per heavy atom. The molecule has 1 aromatic heterocycles. The lowest BCUT2D eigenvalue weighted by molar-refractivity contribution is 0.00512. The minimum atomic E-state index is -0.817. The van der Waals surface area contributed by atoms with Gasteiger partial charge in [0.2, 0.25) is 5.75 Å². The van der Waals surface area contributed by atoms with E-state index in [1.54, 1.807) is 0 Å². The highest BCUT2D eigenvalue weighted by atomic mass is 19.2. The molecule has 1 fully saturated rings. The summed E-state index contributed by atoms with van der Waals surface area (Å²) >= 11 is 0. The number of benzene rings is 1. The largest absolute Gasteiger partial charge is 0.501 e. The van der Waals surface area contributed by atoms with Crippen molar-refractivity contribution in [1.82, 2.24) is 20.0 Å². The fourth-order valence-electron chi connectivity index (χ4n) is 2.92. The van der Waals surface area contributed by atoms with Gasteiger partial charge in [-0.05, 0) is 30.5 Å². The summed E-state index contributed by atoms with van der Waals surface area (Å²) in [7, 11) is 1.37. The van der Waals surface area contributed by atoms with Gasteiger partial charge in [-0.3, -0.25) is 14.2 Å². The minimum Gasteiger partial charge on any atom is -0.501 e. The van der Waals surface area contributed by atoms with Crippen LogP contribution < -0.4 is 10.9 Å². The number of hydrogen-bond acceptors (Lipinski definition) is 5. The minimum absolute atomic E-state index is 0.0590. The van der Waals surface area contributed by atoms with Gasteiger partial charge in [-0.2, -0.15) is 0 Å². The molecule has 1 aliphatic rings. The van der Waals surface area contributed by atoms with Crippen molar-refractivity contribution in [2.24, 2.45) is 7.05 Å². The molecule has 2 heterocycles. The summed E-state index contributed by atoms with van der Waals surface area (Å²) in [6, 6.07) is 4.76. The van der Waals surface area contributed by atoms with Crippen LogP contribution in [0.1, 0.15) is 40.8 Å². The molecular formula is C17H18F2N4O3. The topological polar surface area (TPSA) is 87.5 Å². The Morgan fingerprint density at radius 2 is 2.08 bits per heavy atom. The Balaban J connectivity index is 1.86. The Kier molecular flexibility index (Phi) is 4.99. The van der Waals surface area contributed by atoms with Gasteiger partial charge in [-0.1, -0.05) is 12.1 Å². The molecule has 7 nitrogen and oxygen atoms in total. The lowest BCUT2D eigenvalue weighted by atomic mass is 10.2. The van der Waals surface area contributed by atoms with Crippen LogP contribution in [-0.4, -0.2) is 32.2 Å². The van der Waals surface area contributed by atoms with E-state index < -0.39 is 34.8 Å². The molecule has 1 aromatic carbocycles. The molecule has 1 atom stereocenters. The molecule has 0 spiro atoms. The van der Waals surface area contributed by atoms with Crippen molar-refractivity contribution in [3.8, 4) is 5.75 Å². The van der Waals surface area contributed by atoms with Crippen LogP contribution in [0.2, 0.25) is 0 Å². The number of halogens is 2. The third kappa shape index (κ3) is 3.43. The van der Waals surface area contributed by atoms with Crippen LogP contribution in [0, 0.1) is 5.82 Å². The van der Waals surface area contributed by atoms with Gasteiger partial charge in [0, 0.05) is 20.1 Å². The number of nitrogens with one attached hydrogen (secondary N) is 1. The van der Waals surface area contributed by atoms with Gasteiger partial charge in [0.1, 0.15) is 11.6 Å². The number of rotatable bonds is 4. The van der Waals surface area contributed by atoms with Gasteiger partial charge in [-0.25, -0.2) is 9.37 Å². The van der Waals surface area contributed by atoms with Crippen LogP contribution in [-0.2, 0) is 13.6 Å². The molecular weight excluding hydrogens is 346 g/mol. The van der Waals surface area contributed by atoms with Crippen molar-refractivity contribution < 1.29 is 18.8 Å². The van der Waals surface area contributed by atoms with E-state index in [-0.39, 0.29) is 18.9 Å². The number of carbonyl (C=O) groups is 1. The summed E-state index contributed by atoms with van der Waals surface area (Å²) in [5.74, 6) is -1.88. The number of amides is 1. The molecule has 0 bridgehead atoms. The van der Waals surface area contributed by atoms with Gasteiger partial charge < -0.3 is 10.4 Å². The van der Waals surface area contributed by atoms with E-state index in [0.29, 0.717) is 23.5 Å². The van der Waals surface area contributed by atoms with E-state index >= 15 is 0 Å². The smallest absolute Gasteiger partial charge is 0.296 e. The molecule has 1 amide bonds. The molecule has 3 rings (SSSR count). The maximum absolute atomic E-state index is 13.9. The summed E-state index contributed by atoms with van der Waals surface area (Å²) in [4.78, 5) is 28.6. The first-order chi connectivity index (χ1) is 12.4. The van der Waals surface area contributed by atoms with Gasteiger partial charge in [0.25, 0.3) is 11.5 Å². The first-order valence-electron chi connectivity index (χ1n) is 8.13. The number of carbonyl (C=O) groups excluding carboxylic acids is 1. The first-order valence-corrected chi connectivity index (χ1v) is 8.13. The molecule has 1 aliphatic heterocycles. The van der Waals surface area contributed by atoms with E-state index in [2.05, 4.69) is 10.3 Å². The molecule has 138 valence electrons. The lowest BCUT2D eigenvalue weighted by Crippen LogP contribution is -2.32. The number of aromatic hydroxyl groups is 1. The Bertz CT molecular complexity index is 883. The molecule has 0 saturated carbocycles. The summed E-state index contributed by atoms with van der Waals surface area (Å²) < 4.78 is 27.9. The summed E-state index contributed by atoms with van der Waals surface area (Å²) in [6.07, 6.45) is 1.06. The molecule has 0 radical (unpaired) electrons. The summed E-state index contributed by atoms with van der Waals surface area (Å²) in [5, 5.41) is 13.1. The Hall–Kier alpha value is -2.81. The van der Waals surface area contributed by atoms with Gasteiger partial charge in [-0.15, -0.1) is 9.60 Å². The highest BCUT2D eigenvalue weighted by Crippen LogP contribution is 2.30. The second-order valence-electron chi connectivity index (χ2n) is 6.12. The standard InChI is InChI=1S/C17H18F2N4O3/c1-22-15(12-3-2-8-23(12)19)21-13(14(24)17(22)26)16(25)20-9-10-4-6-11(18)7-5-10/h4-7,12,24H,2-3,8-9H2,1H3,(H,20,25). The molecule has 1 saturated heterocycles. The summed E-state index contributed by atoms with van der Waals surface area (Å²) in [6.45, 7) is 0.275. The van der Waals surface area contributed by atoms with Crippen molar-refractivity contribution in [3.63, 3.8) is 0 Å². The predicted molar refractivity (Wildman–Crippen MR) is 88.5 cm³/mol. The molecule has 0 aliphatic carbocycles. The SMILES string of the molecule is Cn1c(C2CCCN2F)nc(C(=O)NCc2ccc(F)cc2)c(O)c1=O. The molecule has 26 heavy (non-hydrogen) atoms. The first kappa shape index (κ1) is 18.0. The van der Waals surface area contributed by atoms with Crippen LogP contribution in [0.4, 0.5) is 8.87 Å². The fourth-order valence-corrected chi connectivity index (χ4v) is 2.92. The van der Waals surface area contributed by atoms with Crippen LogP contribution in [0.3, 0.4) is 0 Å². The zero-order valence-corrected chi connectivity index (χ0v) is 14.1. The van der Waals surface area contributed by atoms with Crippen molar-refractivity contribution in [2.75, 3.05) is 6.54 Å². The highest BCUT2D eigenvalue weighted by molar-refractivity contribution is 5.94. The van der Waals surface area contributed by atoms with E-state index in [9.17, 15) is 23.6 Å². The van der Waals surface area contributed by atoms with E-state index in [4.69, 9.17) is 0 Å². The summed E-state index contributed by atoms with van der Waals surface area (Å²) in [5.41, 5.74) is -0.637. The number of nitrogens with zero attached hydrogens (tertiary/aromatic N) is 3. The predicted octanol–water partition coefficient (Wildman–Crippen LogP) is 1.58. The third-order valence-electron chi connectivity index (χ3n) is 4.37. The zero-order chi connectivity index (χ0) is 18.8. The van der Waals surface area contributed by atoms with Crippen molar-refractivity contribution in [3.05, 3.63) is 57.5 Å². The van der Waals surface area contributed by atoms with Gasteiger partial charge >= 0.3 is 0 Å². The van der Waals surface area contributed by atoms with Crippen LogP contribution in [0.5, 0.6) is 5.75 Å². The number of hydrogen-bond donors (Lipinski definition) is 2. The molecule has 9 heteroatoms. The third-order valence-corrected chi connectivity index (χ3v) is 4.37. The maximum atomic E-state index is 13.9. The van der Waals surface area contributed by atoms with Gasteiger partial charge in [0.05, 0.1) is 6.04 Å². The molecule has 2 N–H and O–H groups in total. The van der Waals surface area contributed by atoms with Gasteiger partial charge in [0.15, 0.2) is 5.69 Å². The zero-order valence-electron chi connectivity index (χ0n) is 14.1. The second kappa shape index (κ2) is 7.20. The highest BCUT2D eigenvalue weighted by Gasteiger charge is 2.31. The average Bonchev–Trinajstić information content (AvgIpc) is 3.05. The van der Waals surface area contributed by atoms with E-state index in [0.717, 1.165) is 4.57 Å². The van der Waals surface area contributed by atoms with Crippen molar-refractivity contribution >= 4 is 5.91 Å². The fraction of sp³-hybridized carbons (Fsp3) is 0.353. The Labute approximate surface area is 147 Å². The normalized spacial score (nSPS) is 17.4. The van der Waals surface area contributed by atoms with Crippen molar-refractivity contribution in [2.45, 2.75) is 25.4 Å². The molecule has 2 aromatic rings. The van der Waals surface area contributed by atoms with E-state index in [1.165, 1.54) is 31.3 Å². The average molecular weight is 364 g/mol. The maximum Gasteiger partial charge on any atom is 0.296 e. The van der Waals surface area contributed by atoms with Crippen molar-refractivity contribution in [1.29, 1.82) is 0 Å². The van der Waals surface area contributed by atoms with Crippen LogP contribution >= 0.6 is 0 Å². The number of aromatic nitrogens is 2. The lowest BCUT2D eigenvalue weighted by Gasteiger charge is -2.18. The van der Waals surface area contributed by atoms with Crippen LogP contribution in [0.15, 0.2) is 29.1 Å². The monoisotopic (exact) mass is 364 g/mol. The molecule has 1 unspecified atom stereocenters. The Morgan fingerprint density at radius 3 is 2.69 bits per heavy atom. The quantitative estimate of drug-likeness (QED) is 0.805. The second-order valence-corrected chi connectivity index (χ2v) is 6.12.